The number of carbonyl (C=O) groups is 2. The number of esters is 1. The largest absolute Gasteiger partial charge is 0.442 e. The number of benzene rings is 1. The van der Waals surface area contributed by atoms with E-state index >= 15 is 0 Å². The number of amides is 1. The minimum absolute atomic E-state index is 0.00808. The van der Waals surface area contributed by atoms with Crippen molar-refractivity contribution in [3.8, 4) is 0 Å². The fourth-order valence-electron chi connectivity index (χ4n) is 4.78. The van der Waals surface area contributed by atoms with Crippen LogP contribution in [0.5, 0.6) is 0 Å². The first-order valence-electron chi connectivity index (χ1n) is 13.1. The molecule has 1 N–H and O–H groups in total. The van der Waals surface area contributed by atoms with Crippen LogP contribution in [0, 0.1) is 17.0 Å². The third-order valence-electron chi connectivity index (χ3n) is 7.01. The molecule has 0 radical (unpaired) electrons. The van der Waals surface area contributed by atoms with E-state index in [2.05, 4.69) is 25.6 Å². The van der Waals surface area contributed by atoms with Crippen LogP contribution in [0.3, 0.4) is 0 Å². The van der Waals surface area contributed by atoms with Crippen LogP contribution in [0.2, 0.25) is 0 Å². The number of hydrogen-bond donors (Lipinski definition) is 1. The Balaban J connectivity index is 1.09. The van der Waals surface area contributed by atoms with Crippen LogP contribution < -0.4 is 5.32 Å². The zero-order valence-corrected chi connectivity index (χ0v) is 22.6. The van der Waals surface area contributed by atoms with E-state index in [9.17, 15) is 18.4 Å². The number of likely N-dealkylation sites (tertiary alicyclic amines) is 1. The van der Waals surface area contributed by atoms with Crippen LogP contribution in [-0.4, -0.2) is 60.9 Å². The number of rotatable bonds is 7. The molecular weight excluding hydrogens is 520 g/mol. The van der Waals surface area contributed by atoms with Gasteiger partial charge >= 0.3 is 5.97 Å². The molecule has 1 amide bonds. The smallest absolute Gasteiger partial charge is 0.313 e. The van der Waals surface area contributed by atoms with Crippen molar-refractivity contribution in [3.63, 3.8) is 0 Å². The molecule has 1 fully saturated rings. The van der Waals surface area contributed by atoms with Crippen molar-refractivity contribution in [1.29, 1.82) is 0 Å². The summed E-state index contributed by atoms with van der Waals surface area (Å²) in [5.74, 6) is -1.66. The number of aromatic nitrogens is 5. The average molecular weight is 552 g/mol. The first-order valence-corrected chi connectivity index (χ1v) is 13.1. The topological polar surface area (TPSA) is 115 Å². The predicted molar refractivity (Wildman–Crippen MR) is 142 cm³/mol. The fourth-order valence-corrected chi connectivity index (χ4v) is 4.78. The molecule has 1 saturated heterocycles. The van der Waals surface area contributed by atoms with Crippen molar-refractivity contribution >= 4 is 23.9 Å². The van der Waals surface area contributed by atoms with Gasteiger partial charge in [-0.05, 0) is 69.4 Å². The number of anilines is 1. The van der Waals surface area contributed by atoms with Crippen LogP contribution >= 0.6 is 0 Å². The molecule has 12 heteroatoms. The molecule has 1 unspecified atom stereocenters. The maximum absolute atomic E-state index is 13.5. The Labute approximate surface area is 230 Å². The zero-order valence-electron chi connectivity index (χ0n) is 22.6. The fraction of sp³-hybridized carbons (Fsp3) is 0.429. The highest BCUT2D eigenvalue weighted by Crippen LogP contribution is 2.27. The van der Waals surface area contributed by atoms with E-state index in [1.54, 1.807) is 50.3 Å². The van der Waals surface area contributed by atoms with Crippen LogP contribution in [0.15, 0.2) is 36.8 Å². The molecule has 3 aromatic rings. The number of hydrogen-bond acceptors (Lipinski definition) is 8. The zero-order chi connectivity index (χ0) is 28.4. The van der Waals surface area contributed by atoms with Gasteiger partial charge in [-0.25, -0.2) is 23.4 Å². The minimum Gasteiger partial charge on any atom is -0.442 e. The van der Waals surface area contributed by atoms with Gasteiger partial charge in [0.05, 0.1) is 17.3 Å². The lowest BCUT2D eigenvalue weighted by Gasteiger charge is -2.16. The molecule has 10 nitrogen and oxygen atoms in total. The van der Waals surface area contributed by atoms with E-state index in [1.165, 1.54) is 22.9 Å². The van der Waals surface area contributed by atoms with E-state index in [4.69, 9.17) is 4.74 Å². The van der Waals surface area contributed by atoms with Crippen LogP contribution in [-0.2, 0) is 33.9 Å². The quantitative estimate of drug-likeness (QED) is 0.351. The molecule has 210 valence electrons. The molecule has 0 saturated carbocycles. The maximum atomic E-state index is 13.5. The number of ether oxygens (including phenoxy) is 1. The monoisotopic (exact) mass is 551 g/mol. The van der Waals surface area contributed by atoms with Crippen molar-refractivity contribution in [1.82, 2.24) is 29.9 Å². The van der Waals surface area contributed by atoms with Gasteiger partial charge in [0, 0.05) is 49.1 Å². The van der Waals surface area contributed by atoms with E-state index in [0.29, 0.717) is 37.4 Å². The summed E-state index contributed by atoms with van der Waals surface area (Å²) in [7, 11) is 0. The molecule has 0 bridgehead atoms. The van der Waals surface area contributed by atoms with E-state index in [-0.39, 0.29) is 30.6 Å². The maximum Gasteiger partial charge on any atom is 0.313 e. The summed E-state index contributed by atoms with van der Waals surface area (Å²) in [5, 5.41) is 11.4. The first kappa shape index (κ1) is 27.4. The molecular formula is C28H31F2N7O3. The summed E-state index contributed by atoms with van der Waals surface area (Å²) in [5.41, 5.74) is 2.39. The lowest BCUT2D eigenvalue weighted by atomic mass is 9.98. The molecule has 0 spiro atoms. The number of fused-ring (bicyclic) bond motifs is 1. The van der Waals surface area contributed by atoms with Crippen LogP contribution in [0.25, 0.3) is 6.08 Å². The lowest BCUT2D eigenvalue weighted by Crippen LogP contribution is -2.26. The van der Waals surface area contributed by atoms with Crippen LogP contribution in [0.4, 0.5) is 14.7 Å². The first-order chi connectivity index (χ1) is 19.0. The normalized spacial score (nSPS) is 17.4. The summed E-state index contributed by atoms with van der Waals surface area (Å²) < 4.78 is 33.8. The van der Waals surface area contributed by atoms with Crippen LogP contribution in [0.1, 0.15) is 55.5 Å². The predicted octanol–water partition coefficient (Wildman–Crippen LogP) is 3.50. The molecule has 2 aromatic heterocycles. The second kappa shape index (κ2) is 11.1. The van der Waals surface area contributed by atoms with Gasteiger partial charge in [0.25, 0.3) is 0 Å². The summed E-state index contributed by atoms with van der Waals surface area (Å²) >= 11 is 0. The third-order valence-corrected chi connectivity index (χ3v) is 7.01. The van der Waals surface area contributed by atoms with Gasteiger partial charge < -0.3 is 15.0 Å². The molecule has 1 aliphatic carbocycles. The molecule has 1 atom stereocenters. The number of nitrogens with one attached hydrogen (secondary N) is 1. The average Bonchev–Trinajstić information content (AvgIpc) is 3.66. The standard InChI is InChI=1S/C28H31F2N7O3/c1-28(2,3)26(39)40-16-37-15-24(34-35-37)18-6-7-36(14-18)25(38)5-4-17-12-31-27(32-13-17)33-21-8-19-10-22(29)23(30)11-20(19)9-21/h4-5,10-13,15,18,21H,6-9,14,16H2,1-3H3,(H,31,32,33). The van der Waals surface area contributed by atoms with Crippen molar-refractivity contribution in [3.05, 3.63) is 70.8 Å². The molecule has 2 aliphatic rings. The van der Waals surface area contributed by atoms with Gasteiger partial charge in [-0.2, -0.15) is 0 Å². The Morgan fingerprint density at radius 1 is 1.12 bits per heavy atom. The molecule has 5 rings (SSSR count). The number of halogens is 2. The highest BCUT2D eigenvalue weighted by atomic mass is 19.2. The van der Waals surface area contributed by atoms with Gasteiger partial charge in [-0.15, -0.1) is 5.10 Å². The van der Waals surface area contributed by atoms with Crippen molar-refractivity contribution in [2.45, 2.75) is 58.7 Å². The summed E-state index contributed by atoms with van der Waals surface area (Å²) in [4.78, 5) is 35.1. The molecule has 40 heavy (non-hydrogen) atoms. The highest BCUT2D eigenvalue weighted by molar-refractivity contribution is 5.92. The van der Waals surface area contributed by atoms with Gasteiger partial charge in [0.2, 0.25) is 11.9 Å². The number of carbonyl (C=O) groups excluding carboxylic acids is 2. The van der Waals surface area contributed by atoms with Gasteiger partial charge in [-0.1, -0.05) is 5.21 Å². The molecule has 1 aliphatic heterocycles. The Kier molecular flexibility index (Phi) is 7.59. The Morgan fingerprint density at radius 3 is 2.45 bits per heavy atom. The Hall–Kier alpha value is -4.22. The summed E-state index contributed by atoms with van der Waals surface area (Å²) in [6.07, 6.45) is 10.00. The van der Waals surface area contributed by atoms with E-state index in [0.717, 1.165) is 23.2 Å². The Bertz CT molecular complexity index is 1400. The Morgan fingerprint density at radius 2 is 1.80 bits per heavy atom. The third kappa shape index (κ3) is 6.32. The van der Waals surface area contributed by atoms with Gasteiger partial charge in [-0.3, -0.25) is 9.59 Å². The van der Waals surface area contributed by atoms with E-state index in [1.807, 2.05) is 0 Å². The van der Waals surface area contributed by atoms with E-state index < -0.39 is 17.0 Å². The minimum atomic E-state index is -0.838. The van der Waals surface area contributed by atoms with Crippen molar-refractivity contribution in [2.75, 3.05) is 18.4 Å². The second-order valence-corrected chi connectivity index (χ2v) is 11.2. The van der Waals surface area contributed by atoms with Gasteiger partial charge in [0.1, 0.15) is 0 Å². The molecule has 3 heterocycles. The second-order valence-electron chi connectivity index (χ2n) is 11.2. The highest BCUT2D eigenvalue weighted by Gasteiger charge is 2.29. The number of nitrogens with zero attached hydrogens (tertiary/aromatic N) is 6. The SMILES string of the molecule is CC(C)(C)C(=O)OCn1cc(C2CCN(C(=O)C=Cc3cnc(NC4Cc5cc(F)c(F)cc5C4)nc3)C2)nn1. The van der Waals surface area contributed by atoms with Crippen molar-refractivity contribution in [2.24, 2.45) is 5.41 Å². The lowest BCUT2D eigenvalue weighted by molar-refractivity contribution is -0.157. The van der Waals surface area contributed by atoms with Gasteiger partial charge in [0.15, 0.2) is 18.4 Å². The van der Waals surface area contributed by atoms with Crippen molar-refractivity contribution < 1.29 is 23.1 Å². The summed E-state index contributed by atoms with van der Waals surface area (Å²) in [6.45, 7) is 6.45. The molecule has 1 aromatic carbocycles. The summed E-state index contributed by atoms with van der Waals surface area (Å²) in [6, 6.07) is 2.44.